The van der Waals surface area contributed by atoms with Gasteiger partial charge in [0.15, 0.2) is 0 Å². The van der Waals surface area contributed by atoms with E-state index in [1.54, 1.807) is 0 Å². The van der Waals surface area contributed by atoms with Gasteiger partial charge >= 0.3 is 0 Å². The Morgan fingerprint density at radius 1 is 1.50 bits per heavy atom. The molecule has 0 amide bonds. The summed E-state index contributed by atoms with van der Waals surface area (Å²) < 4.78 is 0. The molecule has 1 N–H and O–H groups in total. The molecule has 1 unspecified atom stereocenters. The Morgan fingerprint density at radius 3 is 3.12 bits per heavy atom. The molecule has 1 fully saturated rings. The lowest BCUT2D eigenvalue weighted by Crippen LogP contribution is -2.34. The molecule has 1 aliphatic rings. The Bertz CT molecular complexity index is 340. The summed E-state index contributed by atoms with van der Waals surface area (Å²) in [6.45, 7) is 5.69. The van der Waals surface area contributed by atoms with Crippen LogP contribution in [0.25, 0.3) is 0 Å². The standard InChI is InChI=1S/C13H20N2O/c1-2-15-8-4-5-11(9-15)13-7-3-6-12(10-16)14-13/h3,6-7,11,16H,2,4-5,8-10H2,1H3. The second-order valence-corrected chi connectivity index (χ2v) is 4.44. The third-order valence-corrected chi connectivity index (χ3v) is 3.36. The highest BCUT2D eigenvalue weighted by atomic mass is 16.3. The van der Waals surface area contributed by atoms with Gasteiger partial charge < -0.3 is 10.0 Å². The highest BCUT2D eigenvalue weighted by Gasteiger charge is 2.21. The van der Waals surface area contributed by atoms with E-state index < -0.39 is 0 Å². The number of aromatic nitrogens is 1. The molecular formula is C13H20N2O. The van der Waals surface area contributed by atoms with Crippen molar-refractivity contribution in [2.24, 2.45) is 0 Å². The fourth-order valence-electron chi connectivity index (χ4n) is 2.40. The highest BCUT2D eigenvalue weighted by Crippen LogP contribution is 2.25. The fourth-order valence-corrected chi connectivity index (χ4v) is 2.40. The van der Waals surface area contributed by atoms with E-state index in [0.717, 1.165) is 24.5 Å². The zero-order chi connectivity index (χ0) is 11.4. The van der Waals surface area contributed by atoms with Gasteiger partial charge in [0.25, 0.3) is 0 Å². The molecule has 2 rings (SSSR count). The van der Waals surface area contributed by atoms with Crippen LogP contribution in [0.2, 0.25) is 0 Å². The van der Waals surface area contributed by atoms with Crippen LogP contribution >= 0.6 is 0 Å². The second kappa shape index (κ2) is 5.41. The van der Waals surface area contributed by atoms with Gasteiger partial charge in [-0.25, -0.2) is 0 Å². The third-order valence-electron chi connectivity index (χ3n) is 3.36. The number of hydrogen-bond donors (Lipinski definition) is 1. The minimum Gasteiger partial charge on any atom is -0.390 e. The first-order valence-electron chi connectivity index (χ1n) is 6.12. The van der Waals surface area contributed by atoms with E-state index in [4.69, 9.17) is 5.11 Å². The number of likely N-dealkylation sites (tertiary alicyclic amines) is 1. The Kier molecular flexibility index (Phi) is 3.91. The summed E-state index contributed by atoms with van der Waals surface area (Å²) >= 11 is 0. The number of nitrogens with zero attached hydrogens (tertiary/aromatic N) is 2. The predicted octanol–water partition coefficient (Wildman–Crippen LogP) is 1.77. The third kappa shape index (κ3) is 2.60. The van der Waals surface area contributed by atoms with Crippen LogP contribution in [0.15, 0.2) is 18.2 Å². The van der Waals surface area contributed by atoms with Crippen LogP contribution in [-0.2, 0) is 6.61 Å². The molecule has 0 spiro atoms. The number of likely N-dealkylation sites (N-methyl/N-ethyl adjacent to an activating group) is 1. The van der Waals surface area contributed by atoms with Crippen LogP contribution in [0, 0.1) is 0 Å². The molecule has 0 aromatic carbocycles. The van der Waals surface area contributed by atoms with E-state index in [-0.39, 0.29) is 6.61 Å². The first-order chi connectivity index (χ1) is 7.83. The molecule has 88 valence electrons. The highest BCUT2D eigenvalue weighted by molar-refractivity contribution is 5.15. The zero-order valence-corrected chi connectivity index (χ0v) is 9.89. The lowest BCUT2D eigenvalue weighted by Gasteiger charge is -2.31. The van der Waals surface area contributed by atoms with E-state index in [2.05, 4.69) is 22.9 Å². The second-order valence-electron chi connectivity index (χ2n) is 4.44. The fraction of sp³-hybridized carbons (Fsp3) is 0.615. The molecule has 3 nitrogen and oxygen atoms in total. The molecule has 1 aliphatic heterocycles. The van der Waals surface area contributed by atoms with Crippen LogP contribution in [0.5, 0.6) is 0 Å². The van der Waals surface area contributed by atoms with E-state index in [1.807, 2.05) is 12.1 Å². The average Bonchev–Trinajstić information content (AvgIpc) is 2.39. The molecule has 3 heteroatoms. The Labute approximate surface area is 97.1 Å². The number of hydrogen-bond acceptors (Lipinski definition) is 3. The average molecular weight is 220 g/mol. The SMILES string of the molecule is CCN1CCCC(c2cccc(CO)n2)C1. The number of piperidine rings is 1. The number of aliphatic hydroxyl groups is 1. The minimum atomic E-state index is 0.0397. The van der Waals surface area contributed by atoms with Gasteiger partial charge in [-0.15, -0.1) is 0 Å². The topological polar surface area (TPSA) is 36.4 Å². The van der Waals surface area contributed by atoms with Crippen LogP contribution in [-0.4, -0.2) is 34.6 Å². The molecule has 16 heavy (non-hydrogen) atoms. The lowest BCUT2D eigenvalue weighted by atomic mass is 9.94. The predicted molar refractivity (Wildman–Crippen MR) is 64.2 cm³/mol. The maximum Gasteiger partial charge on any atom is 0.0853 e. The van der Waals surface area contributed by atoms with E-state index >= 15 is 0 Å². The lowest BCUT2D eigenvalue weighted by molar-refractivity contribution is 0.215. The summed E-state index contributed by atoms with van der Waals surface area (Å²) in [6.07, 6.45) is 2.47. The van der Waals surface area contributed by atoms with E-state index in [9.17, 15) is 0 Å². The summed E-state index contributed by atoms with van der Waals surface area (Å²) in [4.78, 5) is 6.98. The van der Waals surface area contributed by atoms with Crippen LogP contribution in [0.1, 0.15) is 37.1 Å². The van der Waals surface area contributed by atoms with E-state index in [0.29, 0.717) is 5.92 Å². The van der Waals surface area contributed by atoms with Gasteiger partial charge in [-0.05, 0) is 38.1 Å². The van der Waals surface area contributed by atoms with Gasteiger partial charge in [0.2, 0.25) is 0 Å². The molecule has 2 heterocycles. The van der Waals surface area contributed by atoms with Crippen molar-refractivity contribution in [2.45, 2.75) is 32.3 Å². The first kappa shape index (κ1) is 11.6. The van der Waals surface area contributed by atoms with Gasteiger partial charge in [0.1, 0.15) is 0 Å². The van der Waals surface area contributed by atoms with E-state index in [1.165, 1.54) is 19.4 Å². The molecule has 0 bridgehead atoms. The summed E-state index contributed by atoms with van der Waals surface area (Å²) in [5, 5.41) is 9.09. The van der Waals surface area contributed by atoms with Crippen molar-refractivity contribution in [3.63, 3.8) is 0 Å². The van der Waals surface area contributed by atoms with Crippen molar-refractivity contribution < 1.29 is 5.11 Å². The molecule has 1 atom stereocenters. The quantitative estimate of drug-likeness (QED) is 0.843. The molecule has 1 aromatic heterocycles. The first-order valence-corrected chi connectivity index (χ1v) is 6.12. The summed E-state index contributed by atoms with van der Waals surface area (Å²) in [6, 6.07) is 5.96. The smallest absolute Gasteiger partial charge is 0.0853 e. The van der Waals surface area contributed by atoms with Crippen molar-refractivity contribution in [3.8, 4) is 0 Å². The van der Waals surface area contributed by atoms with Gasteiger partial charge in [-0.2, -0.15) is 0 Å². The summed E-state index contributed by atoms with van der Waals surface area (Å²) in [7, 11) is 0. The minimum absolute atomic E-state index is 0.0397. The number of pyridine rings is 1. The van der Waals surface area contributed by atoms with Crippen molar-refractivity contribution in [3.05, 3.63) is 29.6 Å². The van der Waals surface area contributed by atoms with Crippen LogP contribution in [0.4, 0.5) is 0 Å². The van der Waals surface area contributed by atoms with Crippen molar-refractivity contribution >= 4 is 0 Å². The van der Waals surface area contributed by atoms with Gasteiger partial charge in [-0.1, -0.05) is 13.0 Å². The molecule has 1 aromatic rings. The monoisotopic (exact) mass is 220 g/mol. The van der Waals surface area contributed by atoms with Crippen molar-refractivity contribution in [1.82, 2.24) is 9.88 Å². The van der Waals surface area contributed by atoms with Crippen molar-refractivity contribution in [2.75, 3.05) is 19.6 Å². The Morgan fingerprint density at radius 2 is 2.38 bits per heavy atom. The zero-order valence-electron chi connectivity index (χ0n) is 9.89. The number of rotatable bonds is 3. The molecule has 0 aliphatic carbocycles. The van der Waals surface area contributed by atoms with Gasteiger partial charge in [0.05, 0.1) is 12.3 Å². The maximum atomic E-state index is 9.09. The maximum absolute atomic E-state index is 9.09. The molecule has 1 saturated heterocycles. The molecule has 0 radical (unpaired) electrons. The molecule has 0 saturated carbocycles. The Hall–Kier alpha value is -0.930. The largest absolute Gasteiger partial charge is 0.390 e. The van der Waals surface area contributed by atoms with Crippen LogP contribution < -0.4 is 0 Å². The van der Waals surface area contributed by atoms with Gasteiger partial charge in [0, 0.05) is 18.2 Å². The number of aliphatic hydroxyl groups excluding tert-OH is 1. The normalized spacial score (nSPS) is 22.2. The molecular weight excluding hydrogens is 200 g/mol. The summed E-state index contributed by atoms with van der Waals surface area (Å²) in [5.74, 6) is 0.542. The van der Waals surface area contributed by atoms with Gasteiger partial charge in [-0.3, -0.25) is 4.98 Å². The van der Waals surface area contributed by atoms with Crippen molar-refractivity contribution in [1.29, 1.82) is 0 Å². The van der Waals surface area contributed by atoms with Crippen LogP contribution in [0.3, 0.4) is 0 Å². The Balaban J connectivity index is 2.10. The summed E-state index contributed by atoms with van der Waals surface area (Å²) in [5.41, 5.74) is 1.93.